The van der Waals surface area contributed by atoms with Crippen LogP contribution in [0.3, 0.4) is 0 Å². The van der Waals surface area contributed by atoms with E-state index in [0.717, 1.165) is 16.6 Å². The van der Waals surface area contributed by atoms with Gasteiger partial charge in [0.1, 0.15) is 6.07 Å². The molecule has 5 heteroatoms. The van der Waals surface area contributed by atoms with Gasteiger partial charge in [0.2, 0.25) is 0 Å². The molecule has 0 saturated heterocycles. The van der Waals surface area contributed by atoms with Gasteiger partial charge in [-0.25, -0.2) is 4.98 Å². The normalized spacial score (nSPS) is 11.3. The topological polar surface area (TPSA) is 60.1 Å². The summed E-state index contributed by atoms with van der Waals surface area (Å²) in [5, 5.41) is 9.64. The number of methoxy groups -OCH3 is 2. The summed E-state index contributed by atoms with van der Waals surface area (Å²) < 4.78 is 12.7. The second kappa shape index (κ2) is 6.47. The molecule has 0 aliphatic carbocycles. The van der Waals surface area contributed by atoms with Crippen LogP contribution in [0.5, 0.6) is 11.5 Å². The molecule has 0 N–H and O–H groups in total. The monoisotopic (exact) mass is 319 g/mol. The zero-order valence-corrected chi connectivity index (χ0v) is 13.8. The molecule has 2 aromatic carbocycles. The SMILES string of the molecule is COc1cccc(/C=C(\C#N)c2nc3ccccc3n2C)c1OC. The van der Waals surface area contributed by atoms with Gasteiger partial charge in [0, 0.05) is 12.6 Å². The molecule has 0 amide bonds. The molecule has 120 valence electrons. The van der Waals surface area contributed by atoms with E-state index < -0.39 is 0 Å². The Morgan fingerprint density at radius 1 is 1.12 bits per heavy atom. The number of ether oxygens (including phenoxy) is 2. The Kier molecular flexibility index (Phi) is 4.21. The van der Waals surface area contributed by atoms with Gasteiger partial charge in [0.25, 0.3) is 0 Å². The number of benzene rings is 2. The number of aromatic nitrogens is 2. The van der Waals surface area contributed by atoms with Crippen LogP contribution in [0.4, 0.5) is 0 Å². The minimum absolute atomic E-state index is 0.459. The molecule has 1 aromatic heterocycles. The smallest absolute Gasteiger partial charge is 0.167 e. The van der Waals surface area contributed by atoms with E-state index in [4.69, 9.17) is 9.47 Å². The van der Waals surface area contributed by atoms with Crippen LogP contribution in [-0.2, 0) is 7.05 Å². The Hall–Kier alpha value is -3.26. The third-order valence-corrected chi connectivity index (χ3v) is 3.88. The maximum Gasteiger partial charge on any atom is 0.167 e. The lowest BCUT2D eigenvalue weighted by atomic mass is 10.1. The molecule has 1 heterocycles. The van der Waals surface area contributed by atoms with Gasteiger partial charge in [-0.05, 0) is 24.3 Å². The van der Waals surface area contributed by atoms with Crippen molar-refractivity contribution in [1.29, 1.82) is 5.26 Å². The van der Waals surface area contributed by atoms with E-state index in [9.17, 15) is 5.26 Å². The first-order valence-corrected chi connectivity index (χ1v) is 7.44. The van der Waals surface area contributed by atoms with E-state index in [0.29, 0.717) is 22.9 Å². The van der Waals surface area contributed by atoms with Gasteiger partial charge in [0.05, 0.1) is 30.8 Å². The number of allylic oxidation sites excluding steroid dienone is 1. The predicted molar refractivity (Wildman–Crippen MR) is 93.7 cm³/mol. The second-order valence-corrected chi connectivity index (χ2v) is 5.24. The van der Waals surface area contributed by atoms with Gasteiger partial charge in [-0.1, -0.05) is 24.3 Å². The van der Waals surface area contributed by atoms with E-state index in [1.165, 1.54) is 0 Å². The minimum atomic E-state index is 0.459. The van der Waals surface area contributed by atoms with Crippen molar-refractivity contribution < 1.29 is 9.47 Å². The summed E-state index contributed by atoms with van der Waals surface area (Å²) in [4.78, 5) is 4.58. The van der Waals surface area contributed by atoms with Crippen LogP contribution in [0, 0.1) is 11.3 Å². The van der Waals surface area contributed by atoms with Crippen LogP contribution in [0.2, 0.25) is 0 Å². The summed E-state index contributed by atoms with van der Waals surface area (Å²) in [6.07, 6.45) is 1.77. The van der Waals surface area contributed by atoms with Crippen molar-refractivity contribution in [2.45, 2.75) is 0 Å². The standard InChI is InChI=1S/C19H17N3O2/c1-22-16-9-5-4-8-15(16)21-19(22)14(12-20)11-13-7-6-10-17(23-2)18(13)24-3/h4-11H,1-3H3/b14-11+. The molecule has 0 atom stereocenters. The van der Waals surface area contributed by atoms with Crippen LogP contribution < -0.4 is 9.47 Å². The highest BCUT2D eigenvalue weighted by Crippen LogP contribution is 2.33. The van der Waals surface area contributed by atoms with Crippen LogP contribution in [-0.4, -0.2) is 23.8 Å². The molecule has 0 aliphatic heterocycles. The van der Waals surface area contributed by atoms with E-state index >= 15 is 0 Å². The molecule has 3 rings (SSSR count). The zero-order valence-electron chi connectivity index (χ0n) is 13.8. The average molecular weight is 319 g/mol. The van der Waals surface area contributed by atoms with Crippen LogP contribution in [0.15, 0.2) is 42.5 Å². The van der Waals surface area contributed by atoms with Gasteiger partial charge >= 0.3 is 0 Å². The highest BCUT2D eigenvalue weighted by Gasteiger charge is 2.14. The van der Waals surface area contributed by atoms with E-state index in [2.05, 4.69) is 11.1 Å². The first-order valence-electron chi connectivity index (χ1n) is 7.44. The lowest BCUT2D eigenvalue weighted by molar-refractivity contribution is 0.354. The number of para-hydroxylation sites is 3. The molecule has 24 heavy (non-hydrogen) atoms. The van der Waals surface area contributed by atoms with Gasteiger partial charge in [-0.3, -0.25) is 0 Å². The molecular weight excluding hydrogens is 302 g/mol. The largest absolute Gasteiger partial charge is 0.493 e. The Labute approximate surface area is 140 Å². The predicted octanol–water partition coefficient (Wildman–Crippen LogP) is 3.65. The van der Waals surface area contributed by atoms with Gasteiger partial charge in [0.15, 0.2) is 17.3 Å². The Morgan fingerprint density at radius 3 is 2.58 bits per heavy atom. The number of fused-ring (bicyclic) bond motifs is 1. The first kappa shape index (κ1) is 15.6. The van der Waals surface area contributed by atoms with Crippen molar-refractivity contribution in [3.8, 4) is 17.6 Å². The van der Waals surface area contributed by atoms with E-state index in [1.807, 2.05) is 54.1 Å². The highest BCUT2D eigenvalue weighted by molar-refractivity contribution is 5.92. The Morgan fingerprint density at radius 2 is 1.92 bits per heavy atom. The van der Waals surface area contributed by atoms with E-state index in [1.54, 1.807) is 20.3 Å². The highest BCUT2D eigenvalue weighted by atomic mass is 16.5. The molecular formula is C19H17N3O2. The molecule has 0 unspecified atom stereocenters. The number of hydrogen-bond acceptors (Lipinski definition) is 4. The fourth-order valence-corrected chi connectivity index (χ4v) is 2.71. The molecule has 0 radical (unpaired) electrons. The number of nitrogens with zero attached hydrogens (tertiary/aromatic N) is 3. The zero-order chi connectivity index (χ0) is 17.1. The lowest BCUT2D eigenvalue weighted by Crippen LogP contribution is -1.97. The summed E-state index contributed by atoms with van der Waals surface area (Å²) in [6, 6.07) is 15.6. The molecule has 0 fully saturated rings. The minimum Gasteiger partial charge on any atom is -0.493 e. The number of hydrogen-bond donors (Lipinski definition) is 0. The van der Waals surface area contributed by atoms with Crippen molar-refractivity contribution in [2.24, 2.45) is 7.05 Å². The molecule has 0 aliphatic rings. The maximum atomic E-state index is 9.64. The summed E-state index contributed by atoms with van der Waals surface area (Å²) in [7, 11) is 5.07. The third kappa shape index (κ3) is 2.59. The molecule has 0 spiro atoms. The molecule has 3 aromatic rings. The molecule has 0 saturated carbocycles. The van der Waals surface area contributed by atoms with Gasteiger partial charge in [-0.2, -0.15) is 5.26 Å². The van der Waals surface area contributed by atoms with Crippen LogP contribution >= 0.6 is 0 Å². The van der Waals surface area contributed by atoms with Crippen molar-refractivity contribution in [3.05, 3.63) is 53.9 Å². The summed E-state index contributed by atoms with van der Waals surface area (Å²) >= 11 is 0. The van der Waals surface area contributed by atoms with Crippen molar-refractivity contribution in [1.82, 2.24) is 9.55 Å². The molecule has 5 nitrogen and oxygen atoms in total. The van der Waals surface area contributed by atoms with Crippen LogP contribution in [0.25, 0.3) is 22.7 Å². The fourth-order valence-electron chi connectivity index (χ4n) is 2.71. The molecule has 0 bridgehead atoms. The Balaban J connectivity index is 2.17. The first-order chi connectivity index (χ1) is 11.7. The number of aryl methyl sites for hydroxylation is 1. The average Bonchev–Trinajstić information content (AvgIpc) is 2.96. The van der Waals surface area contributed by atoms with Crippen molar-refractivity contribution >= 4 is 22.7 Å². The summed E-state index contributed by atoms with van der Waals surface area (Å²) in [5.41, 5.74) is 3.06. The van der Waals surface area contributed by atoms with Crippen molar-refractivity contribution in [3.63, 3.8) is 0 Å². The fraction of sp³-hybridized carbons (Fsp3) is 0.158. The van der Waals surface area contributed by atoms with Gasteiger partial charge < -0.3 is 14.0 Å². The summed E-state index contributed by atoms with van der Waals surface area (Å²) in [6.45, 7) is 0. The number of imidazole rings is 1. The number of nitriles is 1. The Bertz CT molecular complexity index is 964. The van der Waals surface area contributed by atoms with Gasteiger partial charge in [-0.15, -0.1) is 0 Å². The van der Waals surface area contributed by atoms with Crippen LogP contribution in [0.1, 0.15) is 11.4 Å². The van der Waals surface area contributed by atoms with Crippen molar-refractivity contribution in [2.75, 3.05) is 14.2 Å². The quantitative estimate of drug-likeness (QED) is 0.689. The lowest BCUT2D eigenvalue weighted by Gasteiger charge is -2.10. The number of rotatable bonds is 4. The third-order valence-electron chi connectivity index (χ3n) is 3.88. The second-order valence-electron chi connectivity index (χ2n) is 5.24. The van der Waals surface area contributed by atoms with E-state index in [-0.39, 0.29) is 0 Å². The summed E-state index contributed by atoms with van der Waals surface area (Å²) in [5.74, 6) is 1.82. The maximum absolute atomic E-state index is 9.64.